The molecule has 1 aliphatic carbocycles. The Labute approximate surface area is 166 Å². The van der Waals surface area contributed by atoms with Gasteiger partial charge in [-0.25, -0.2) is 8.42 Å². The van der Waals surface area contributed by atoms with Gasteiger partial charge in [-0.2, -0.15) is 4.31 Å². The fourth-order valence-corrected chi connectivity index (χ4v) is 5.90. The summed E-state index contributed by atoms with van der Waals surface area (Å²) in [5.74, 6) is -1.27. The van der Waals surface area contributed by atoms with Crippen molar-refractivity contribution in [2.45, 2.75) is 38.5 Å². The van der Waals surface area contributed by atoms with Crippen LogP contribution in [-0.4, -0.2) is 51.0 Å². The van der Waals surface area contributed by atoms with E-state index in [9.17, 15) is 18.0 Å². The first-order valence-corrected chi connectivity index (χ1v) is 11.1. The number of carbonyl (C=O) groups excluding carboxylic acids is 2. The number of hydrogen-bond acceptors (Lipinski definition) is 6. The zero-order chi connectivity index (χ0) is 20.5. The molecule has 0 unspecified atom stereocenters. The maximum atomic E-state index is 13.0. The SMILES string of the molecule is CCOC(=O)C1(C(=O)OCC)C[C@H]2CN(S(=O)(=O)c3ccc(C)cc3)C[C@H]2C1. The topological polar surface area (TPSA) is 90.0 Å². The van der Waals surface area contributed by atoms with Crippen LogP contribution in [0.4, 0.5) is 0 Å². The third-order valence-electron chi connectivity index (χ3n) is 5.76. The van der Waals surface area contributed by atoms with E-state index in [1.807, 2.05) is 6.92 Å². The van der Waals surface area contributed by atoms with Crippen LogP contribution in [-0.2, 0) is 29.1 Å². The maximum absolute atomic E-state index is 13.0. The normalized spacial score (nSPS) is 24.0. The van der Waals surface area contributed by atoms with Crippen LogP contribution in [0.25, 0.3) is 0 Å². The van der Waals surface area contributed by atoms with E-state index in [2.05, 4.69) is 0 Å². The monoisotopic (exact) mass is 409 g/mol. The van der Waals surface area contributed by atoms with E-state index in [0.29, 0.717) is 13.1 Å². The summed E-state index contributed by atoms with van der Waals surface area (Å²) in [6, 6.07) is 6.77. The van der Waals surface area contributed by atoms with Gasteiger partial charge in [0.05, 0.1) is 18.1 Å². The first kappa shape index (κ1) is 20.8. The first-order chi connectivity index (χ1) is 13.2. The van der Waals surface area contributed by atoms with Crippen LogP contribution in [0.3, 0.4) is 0 Å². The van der Waals surface area contributed by atoms with Gasteiger partial charge in [0.1, 0.15) is 0 Å². The number of hydrogen-bond donors (Lipinski definition) is 0. The number of carbonyl (C=O) groups is 2. The van der Waals surface area contributed by atoms with Crippen LogP contribution in [0.2, 0.25) is 0 Å². The van der Waals surface area contributed by atoms with Gasteiger partial charge in [0.25, 0.3) is 0 Å². The fourth-order valence-electron chi connectivity index (χ4n) is 4.35. The van der Waals surface area contributed by atoms with E-state index in [4.69, 9.17) is 9.47 Å². The van der Waals surface area contributed by atoms with Crippen LogP contribution < -0.4 is 0 Å². The second-order valence-electron chi connectivity index (χ2n) is 7.59. The molecule has 2 atom stereocenters. The van der Waals surface area contributed by atoms with Crippen molar-refractivity contribution in [1.82, 2.24) is 4.31 Å². The second kappa shape index (κ2) is 7.83. The van der Waals surface area contributed by atoms with Crippen molar-refractivity contribution >= 4 is 22.0 Å². The summed E-state index contributed by atoms with van der Waals surface area (Å²) in [7, 11) is -3.59. The first-order valence-electron chi connectivity index (χ1n) is 9.66. The molecule has 2 fully saturated rings. The van der Waals surface area contributed by atoms with Crippen molar-refractivity contribution in [3.05, 3.63) is 29.8 Å². The molecule has 1 saturated carbocycles. The molecule has 3 rings (SSSR count). The van der Waals surface area contributed by atoms with Gasteiger partial charge < -0.3 is 9.47 Å². The summed E-state index contributed by atoms with van der Waals surface area (Å²) in [5, 5.41) is 0. The van der Waals surface area contributed by atoms with Crippen molar-refractivity contribution in [3.8, 4) is 0 Å². The third kappa shape index (κ3) is 3.55. The van der Waals surface area contributed by atoms with Crippen LogP contribution in [0.15, 0.2) is 29.2 Å². The molecule has 0 amide bonds. The standard InChI is InChI=1S/C20H27NO6S/c1-4-26-18(22)20(19(23)27-5-2)10-15-12-21(13-16(15)11-20)28(24,25)17-8-6-14(3)7-9-17/h6-9,15-16H,4-5,10-13H2,1-3H3/t15-,16+. The molecule has 0 spiro atoms. The molecule has 154 valence electrons. The van der Waals surface area contributed by atoms with E-state index in [0.717, 1.165) is 5.56 Å². The number of aryl methyl sites for hydroxylation is 1. The summed E-state index contributed by atoms with van der Waals surface area (Å²) in [4.78, 5) is 25.4. The van der Waals surface area contributed by atoms with Crippen molar-refractivity contribution in [1.29, 1.82) is 0 Å². The quantitative estimate of drug-likeness (QED) is 0.528. The molecular weight excluding hydrogens is 382 g/mol. The molecule has 28 heavy (non-hydrogen) atoms. The van der Waals surface area contributed by atoms with E-state index in [-0.39, 0.29) is 42.8 Å². The smallest absolute Gasteiger partial charge is 0.323 e. The zero-order valence-electron chi connectivity index (χ0n) is 16.5. The Bertz CT molecular complexity index is 814. The lowest BCUT2D eigenvalue weighted by Crippen LogP contribution is -2.42. The van der Waals surface area contributed by atoms with Gasteiger partial charge in [-0.3, -0.25) is 9.59 Å². The number of nitrogens with zero attached hydrogens (tertiary/aromatic N) is 1. The van der Waals surface area contributed by atoms with E-state index >= 15 is 0 Å². The largest absolute Gasteiger partial charge is 0.465 e. The number of sulfonamides is 1. The highest BCUT2D eigenvalue weighted by Crippen LogP contribution is 2.51. The van der Waals surface area contributed by atoms with Gasteiger partial charge in [0.2, 0.25) is 10.0 Å². The fraction of sp³-hybridized carbons (Fsp3) is 0.600. The van der Waals surface area contributed by atoms with Crippen molar-refractivity contribution < 1.29 is 27.5 Å². The molecular formula is C20H27NO6S. The summed E-state index contributed by atoms with van der Waals surface area (Å²) in [6.07, 6.45) is 0.518. The lowest BCUT2D eigenvalue weighted by Gasteiger charge is -2.26. The van der Waals surface area contributed by atoms with Gasteiger partial charge in [0, 0.05) is 13.1 Å². The Kier molecular flexibility index (Phi) is 5.82. The minimum atomic E-state index is -3.59. The molecule has 2 aliphatic rings. The lowest BCUT2D eigenvalue weighted by molar-refractivity contribution is -0.172. The summed E-state index contributed by atoms with van der Waals surface area (Å²) < 4.78 is 37.7. The molecule has 8 heteroatoms. The molecule has 1 heterocycles. The molecule has 7 nitrogen and oxygen atoms in total. The Morgan fingerprint density at radius 2 is 1.46 bits per heavy atom. The van der Waals surface area contributed by atoms with Crippen LogP contribution >= 0.6 is 0 Å². The number of rotatable bonds is 6. The van der Waals surface area contributed by atoms with Crippen LogP contribution in [0.1, 0.15) is 32.3 Å². The number of esters is 2. The lowest BCUT2D eigenvalue weighted by atomic mass is 9.84. The number of fused-ring (bicyclic) bond motifs is 1. The number of ether oxygens (including phenoxy) is 2. The molecule has 1 aromatic rings. The zero-order valence-corrected chi connectivity index (χ0v) is 17.3. The van der Waals surface area contributed by atoms with Crippen molar-refractivity contribution in [2.75, 3.05) is 26.3 Å². The van der Waals surface area contributed by atoms with Gasteiger partial charge >= 0.3 is 11.9 Å². The van der Waals surface area contributed by atoms with E-state index in [1.165, 1.54) is 4.31 Å². The van der Waals surface area contributed by atoms with Gasteiger partial charge in [0.15, 0.2) is 5.41 Å². The average Bonchev–Trinajstić information content (AvgIpc) is 3.20. The molecule has 1 saturated heterocycles. The highest BCUT2D eigenvalue weighted by Gasteiger charge is 2.60. The predicted molar refractivity (Wildman–Crippen MR) is 102 cm³/mol. The Morgan fingerprint density at radius 1 is 1.00 bits per heavy atom. The Hall–Kier alpha value is -1.93. The highest BCUT2D eigenvalue weighted by atomic mass is 32.2. The molecule has 0 radical (unpaired) electrons. The third-order valence-corrected chi connectivity index (χ3v) is 7.60. The van der Waals surface area contributed by atoms with Crippen molar-refractivity contribution in [3.63, 3.8) is 0 Å². The van der Waals surface area contributed by atoms with Gasteiger partial charge in [-0.05, 0) is 57.6 Å². The van der Waals surface area contributed by atoms with E-state index in [1.54, 1.807) is 38.1 Å². The van der Waals surface area contributed by atoms with Crippen molar-refractivity contribution in [2.24, 2.45) is 17.3 Å². The average molecular weight is 410 g/mol. The maximum Gasteiger partial charge on any atom is 0.323 e. The highest BCUT2D eigenvalue weighted by molar-refractivity contribution is 7.89. The number of benzene rings is 1. The van der Waals surface area contributed by atoms with E-state index < -0.39 is 27.4 Å². The molecule has 0 bridgehead atoms. The predicted octanol–water partition coefficient (Wildman–Crippen LogP) is 2.14. The Morgan fingerprint density at radius 3 is 1.89 bits per heavy atom. The minimum absolute atomic E-state index is 0.0750. The molecule has 1 aromatic carbocycles. The summed E-state index contributed by atoms with van der Waals surface area (Å²) >= 11 is 0. The van der Waals surface area contributed by atoms with Gasteiger partial charge in [-0.15, -0.1) is 0 Å². The van der Waals surface area contributed by atoms with Crippen LogP contribution in [0.5, 0.6) is 0 Å². The summed E-state index contributed by atoms with van der Waals surface area (Å²) in [5.41, 5.74) is -0.327. The van der Waals surface area contributed by atoms with Crippen LogP contribution in [0, 0.1) is 24.2 Å². The molecule has 1 aliphatic heterocycles. The van der Waals surface area contributed by atoms with Gasteiger partial charge in [-0.1, -0.05) is 17.7 Å². The Balaban J connectivity index is 1.79. The summed E-state index contributed by atoms with van der Waals surface area (Å²) in [6.45, 7) is 6.25. The minimum Gasteiger partial charge on any atom is -0.465 e. The molecule has 0 N–H and O–H groups in total. The second-order valence-corrected chi connectivity index (χ2v) is 9.52. The molecule has 0 aromatic heterocycles.